The fourth-order valence-corrected chi connectivity index (χ4v) is 4.38. The molecule has 0 N–H and O–H groups in total. The summed E-state index contributed by atoms with van der Waals surface area (Å²) in [5, 5.41) is 0. The zero-order valence-corrected chi connectivity index (χ0v) is 8.79. The molecule has 4 fully saturated rings. The van der Waals surface area contributed by atoms with Gasteiger partial charge in [0.15, 0.2) is 5.78 Å². The summed E-state index contributed by atoms with van der Waals surface area (Å²) in [5.41, 5.74) is -0.689. The van der Waals surface area contributed by atoms with Crippen LogP contribution in [0, 0.1) is 17.3 Å². The van der Waals surface area contributed by atoms with Crippen molar-refractivity contribution < 1.29 is 14.3 Å². The molecule has 4 aliphatic rings. The number of hydrogen-bond donors (Lipinski definition) is 0. The minimum atomic E-state index is -0.437. The molecule has 1 spiro atoms. The van der Waals surface area contributed by atoms with Crippen LogP contribution in [-0.4, -0.2) is 23.3 Å². The molecule has 2 aliphatic heterocycles. The topological polar surface area (TPSA) is 43.4 Å². The Kier molecular flexibility index (Phi) is 1.16. The highest BCUT2D eigenvalue weighted by molar-refractivity contribution is 6.00. The third-order valence-electron chi connectivity index (χ3n) is 5.28. The number of ether oxygens (including phenoxy) is 1. The zero-order chi connectivity index (χ0) is 10.4. The summed E-state index contributed by atoms with van der Waals surface area (Å²) in [5.74, 6) is 0.883. The number of hydrogen-bond acceptors (Lipinski definition) is 3. The van der Waals surface area contributed by atoms with Crippen LogP contribution in [0.25, 0.3) is 0 Å². The van der Waals surface area contributed by atoms with E-state index in [1.165, 1.54) is 0 Å². The Balaban J connectivity index is 1.90. The van der Waals surface area contributed by atoms with Crippen molar-refractivity contribution in [1.29, 1.82) is 0 Å². The summed E-state index contributed by atoms with van der Waals surface area (Å²) < 4.78 is 5.92. The predicted octanol–water partition coefficient (Wildman–Crippen LogP) is 1.10. The molecular weight excluding hydrogens is 192 g/mol. The molecule has 2 heterocycles. The second kappa shape index (κ2) is 2.05. The highest BCUT2D eigenvalue weighted by Crippen LogP contribution is 2.71. The van der Waals surface area contributed by atoms with Crippen molar-refractivity contribution in [3.05, 3.63) is 0 Å². The molecule has 80 valence electrons. The molecule has 0 aromatic rings. The summed E-state index contributed by atoms with van der Waals surface area (Å²) in [6.45, 7) is 2.01. The van der Waals surface area contributed by atoms with Gasteiger partial charge < -0.3 is 4.74 Å². The van der Waals surface area contributed by atoms with Gasteiger partial charge in [0.25, 0.3) is 0 Å². The first-order valence-corrected chi connectivity index (χ1v) is 5.85. The SMILES string of the molecule is CC12OC(C(=O)C13CC3)C1CCC(=O)C12. The monoisotopic (exact) mass is 206 g/mol. The lowest BCUT2D eigenvalue weighted by Crippen LogP contribution is -2.49. The van der Waals surface area contributed by atoms with Crippen molar-refractivity contribution >= 4 is 11.6 Å². The highest BCUT2D eigenvalue weighted by atomic mass is 16.5. The van der Waals surface area contributed by atoms with Gasteiger partial charge in [-0.05, 0) is 26.2 Å². The molecule has 2 bridgehead atoms. The molecule has 4 atom stereocenters. The molecule has 2 aliphatic carbocycles. The van der Waals surface area contributed by atoms with Gasteiger partial charge in [-0.25, -0.2) is 0 Å². The third kappa shape index (κ3) is 0.645. The minimum absolute atomic E-state index is 0.0303. The van der Waals surface area contributed by atoms with Crippen molar-refractivity contribution in [1.82, 2.24) is 0 Å². The van der Waals surface area contributed by atoms with Gasteiger partial charge in [-0.2, -0.15) is 0 Å². The van der Waals surface area contributed by atoms with E-state index >= 15 is 0 Å². The van der Waals surface area contributed by atoms with Crippen molar-refractivity contribution in [3.63, 3.8) is 0 Å². The molecule has 2 saturated carbocycles. The fraction of sp³-hybridized carbons (Fsp3) is 0.833. The lowest BCUT2D eigenvalue weighted by atomic mass is 9.65. The van der Waals surface area contributed by atoms with E-state index in [2.05, 4.69) is 0 Å². The third-order valence-corrected chi connectivity index (χ3v) is 5.28. The van der Waals surface area contributed by atoms with E-state index in [9.17, 15) is 9.59 Å². The second-order valence-electron chi connectivity index (χ2n) is 5.74. The zero-order valence-electron chi connectivity index (χ0n) is 8.79. The number of ketones is 2. The molecule has 2 saturated heterocycles. The van der Waals surface area contributed by atoms with Gasteiger partial charge in [0, 0.05) is 12.3 Å². The van der Waals surface area contributed by atoms with Gasteiger partial charge >= 0.3 is 0 Å². The Morgan fingerprint density at radius 2 is 2.07 bits per heavy atom. The van der Waals surface area contributed by atoms with Gasteiger partial charge in [0.2, 0.25) is 0 Å². The molecular formula is C12H14O3. The summed E-state index contributed by atoms with van der Waals surface area (Å²) in [6.07, 6.45) is 3.17. The van der Waals surface area contributed by atoms with Crippen LogP contribution >= 0.6 is 0 Å². The van der Waals surface area contributed by atoms with Crippen molar-refractivity contribution in [2.75, 3.05) is 0 Å². The molecule has 4 unspecified atom stereocenters. The summed E-state index contributed by atoms with van der Waals surface area (Å²) in [6, 6.07) is 0. The van der Waals surface area contributed by atoms with E-state index in [1.807, 2.05) is 6.92 Å². The molecule has 0 radical (unpaired) electrons. The van der Waals surface area contributed by atoms with E-state index in [0.717, 1.165) is 19.3 Å². The molecule has 4 rings (SSSR count). The summed E-state index contributed by atoms with van der Waals surface area (Å²) in [4.78, 5) is 24.1. The van der Waals surface area contributed by atoms with E-state index < -0.39 is 5.60 Å². The van der Waals surface area contributed by atoms with E-state index in [1.54, 1.807) is 0 Å². The summed E-state index contributed by atoms with van der Waals surface area (Å²) in [7, 11) is 0. The molecule has 0 aromatic heterocycles. The molecule has 3 nitrogen and oxygen atoms in total. The van der Waals surface area contributed by atoms with Gasteiger partial charge in [-0.1, -0.05) is 0 Å². The van der Waals surface area contributed by atoms with Crippen molar-refractivity contribution in [2.24, 2.45) is 17.3 Å². The van der Waals surface area contributed by atoms with Crippen LogP contribution in [0.2, 0.25) is 0 Å². The van der Waals surface area contributed by atoms with Crippen molar-refractivity contribution in [2.45, 2.75) is 44.3 Å². The molecule has 15 heavy (non-hydrogen) atoms. The highest BCUT2D eigenvalue weighted by Gasteiger charge is 2.80. The normalized spacial score (nSPS) is 54.1. The van der Waals surface area contributed by atoms with E-state index in [0.29, 0.717) is 18.0 Å². The maximum absolute atomic E-state index is 12.2. The Hall–Kier alpha value is -0.700. The second-order valence-corrected chi connectivity index (χ2v) is 5.74. The van der Waals surface area contributed by atoms with Crippen molar-refractivity contribution in [3.8, 4) is 0 Å². The number of carbonyl (C=O) groups is 2. The van der Waals surface area contributed by atoms with Gasteiger partial charge in [0.1, 0.15) is 11.9 Å². The Bertz CT molecular complexity index is 396. The molecule has 3 heteroatoms. The number of rotatable bonds is 0. The van der Waals surface area contributed by atoms with Gasteiger partial charge in [0.05, 0.1) is 16.9 Å². The summed E-state index contributed by atoms with van der Waals surface area (Å²) >= 11 is 0. The van der Waals surface area contributed by atoms with Crippen LogP contribution in [0.5, 0.6) is 0 Å². The quantitative estimate of drug-likeness (QED) is 0.596. The average Bonchev–Trinajstić information content (AvgIpc) is 2.78. The van der Waals surface area contributed by atoms with Crippen LogP contribution in [0.15, 0.2) is 0 Å². The van der Waals surface area contributed by atoms with Gasteiger partial charge in [-0.3, -0.25) is 9.59 Å². The van der Waals surface area contributed by atoms with Crippen LogP contribution in [0.3, 0.4) is 0 Å². The maximum atomic E-state index is 12.2. The lowest BCUT2D eigenvalue weighted by molar-refractivity contribution is -0.131. The standard InChI is InChI=1S/C12H14O3/c1-11-8-6(2-3-7(8)13)9(15-11)10(14)12(11)4-5-12/h6,8-9H,2-5H2,1H3. The average molecular weight is 206 g/mol. The Morgan fingerprint density at radius 3 is 2.73 bits per heavy atom. The van der Waals surface area contributed by atoms with Crippen LogP contribution in [-0.2, 0) is 14.3 Å². The molecule has 0 amide bonds. The first-order chi connectivity index (χ1) is 7.10. The van der Waals surface area contributed by atoms with E-state index in [4.69, 9.17) is 4.74 Å². The predicted molar refractivity (Wildman–Crippen MR) is 51.2 cm³/mol. The first-order valence-electron chi connectivity index (χ1n) is 5.85. The largest absolute Gasteiger partial charge is 0.362 e. The molecule has 0 aromatic carbocycles. The maximum Gasteiger partial charge on any atom is 0.170 e. The number of fused-ring (bicyclic) bond motifs is 6. The van der Waals surface area contributed by atoms with E-state index in [-0.39, 0.29) is 23.4 Å². The Labute approximate surface area is 88.2 Å². The smallest absolute Gasteiger partial charge is 0.170 e. The minimum Gasteiger partial charge on any atom is -0.362 e. The number of carbonyl (C=O) groups excluding carboxylic acids is 2. The Morgan fingerprint density at radius 1 is 1.33 bits per heavy atom. The van der Waals surface area contributed by atoms with Crippen LogP contribution in [0.4, 0.5) is 0 Å². The number of Topliss-reactive ketones (excluding diaryl/α,β-unsaturated/α-hetero) is 2. The fourth-order valence-electron chi connectivity index (χ4n) is 4.38. The lowest BCUT2D eigenvalue weighted by Gasteiger charge is -2.34. The van der Waals surface area contributed by atoms with Gasteiger partial charge in [-0.15, -0.1) is 0 Å². The van der Waals surface area contributed by atoms with Crippen LogP contribution < -0.4 is 0 Å². The first kappa shape index (κ1) is 8.45. The van der Waals surface area contributed by atoms with Crippen LogP contribution in [0.1, 0.15) is 32.6 Å².